The molecule has 3 aromatic rings. The average Bonchev–Trinajstić information content (AvgIpc) is 3.53. The standard InChI is InChI=1S/C26H31N3O5/c1-4-20(5-2)29(15-18-6-9-21(31-3)10-7-18)16-22-13-23(28-34-22)26(30)27-14-19-8-11-24-25(12-19)33-17-32-24/h6-13,20H,4-5,14-17H2,1-3H3,(H,27,30). The van der Waals surface area contributed by atoms with Crippen molar-refractivity contribution >= 4 is 5.91 Å². The number of benzene rings is 2. The molecule has 180 valence electrons. The smallest absolute Gasteiger partial charge is 0.273 e. The minimum Gasteiger partial charge on any atom is -0.497 e. The lowest BCUT2D eigenvalue weighted by molar-refractivity contribution is 0.0941. The summed E-state index contributed by atoms with van der Waals surface area (Å²) in [6.45, 7) is 6.28. The van der Waals surface area contributed by atoms with Crippen molar-refractivity contribution < 1.29 is 23.5 Å². The molecule has 8 nitrogen and oxygen atoms in total. The van der Waals surface area contributed by atoms with Crippen molar-refractivity contribution in [2.45, 2.75) is 52.4 Å². The molecule has 8 heteroatoms. The van der Waals surface area contributed by atoms with Crippen LogP contribution in [0.15, 0.2) is 53.1 Å². The third-order valence-electron chi connectivity index (χ3n) is 6.04. The van der Waals surface area contributed by atoms with E-state index in [2.05, 4.69) is 41.4 Å². The molecule has 1 aliphatic rings. The molecule has 34 heavy (non-hydrogen) atoms. The number of methoxy groups -OCH3 is 1. The van der Waals surface area contributed by atoms with Crippen LogP contribution in [0.4, 0.5) is 0 Å². The summed E-state index contributed by atoms with van der Waals surface area (Å²) in [6.07, 6.45) is 2.04. The predicted octanol–water partition coefficient (Wildman–Crippen LogP) is 4.53. The van der Waals surface area contributed by atoms with E-state index in [9.17, 15) is 4.79 Å². The van der Waals surface area contributed by atoms with E-state index < -0.39 is 0 Å². The van der Waals surface area contributed by atoms with Gasteiger partial charge in [0.05, 0.1) is 13.7 Å². The van der Waals surface area contributed by atoms with Crippen molar-refractivity contribution in [1.29, 1.82) is 0 Å². The van der Waals surface area contributed by atoms with Crippen molar-refractivity contribution in [3.8, 4) is 17.2 Å². The Balaban J connectivity index is 1.38. The summed E-state index contributed by atoms with van der Waals surface area (Å²) < 4.78 is 21.5. The largest absolute Gasteiger partial charge is 0.497 e. The Kier molecular flexibility index (Phi) is 7.69. The van der Waals surface area contributed by atoms with Gasteiger partial charge in [0.1, 0.15) is 5.75 Å². The Bertz CT molecular complexity index is 1090. The lowest BCUT2D eigenvalue weighted by atomic mass is 10.1. The van der Waals surface area contributed by atoms with Crippen molar-refractivity contribution in [3.05, 3.63) is 71.1 Å². The number of carbonyl (C=O) groups excluding carboxylic acids is 1. The normalized spacial score (nSPS) is 12.4. The summed E-state index contributed by atoms with van der Waals surface area (Å²) in [6, 6.07) is 15.8. The molecule has 0 bridgehead atoms. The quantitative estimate of drug-likeness (QED) is 0.445. The van der Waals surface area contributed by atoms with E-state index in [1.807, 2.05) is 30.3 Å². The highest BCUT2D eigenvalue weighted by atomic mass is 16.7. The van der Waals surface area contributed by atoms with Crippen LogP contribution in [0, 0.1) is 0 Å². The number of carbonyl (C=O) groups is 1. The van der Waals surface area contributed by atoms with Crippen LogP contribution in [0.5, 0.6) is 17.2 Å². The zero-order valence-corrected chi connectivity index (χ0v) is 19.9. The number of rotatable bonds is 11. The van der Waals surface area contributed by atoms with Gasteiger partial charge in [-0.2, -0.15) is 0 Å². The Morgan fingerprint density at radius 1 is 1.03 bits per heavy atom. The fourth-order valence-electron chi connectivity index (χ4n) is 4.10. The molecule has 1 N–H and O–H groups in total. The van der Waals surface area contributed by atoms with Crippen molar-refractivity contribution in [1.82, 2.24) is 15.4 Å². The molecule has 0 saturated carbocycles. The Labute approximate surface area is 199 Å². The van der Waals surface area contributed by atoms with Crippen LogP contribution in [-0.2, 0) is 19.6 Å². The van der Waals surface area contributed by atoms with Crippen molar-refractivity contribution in [2.75, 3.05) is 13.9 Å². The molecule has 0 atom stereocenters. The van der Waals surface area contributed by atoms with Gasteiger partial charge in [-0.25, -0.2) is 0 Å². The van der Waals surface area contributed by atoms with Gasteiger partial charge >= 0.3 is 0 Å². The second kappa shape index (κ2) is 11.1. The Morgan fingerprint density at radius 3 is 2.50 bits per heavy atom. The maximum Gasteiger partial charge on any atom is 0.273 e. The number of amides is 1. The molecular weight excluding hydrogens is 434 g/mol. The highest BCUT2D eigenvalue weighted by Crippen LogP contribution is 2.32. The average molecular weight is 466 g/mol. The van der Waals surface area contributed by atoms with Crippen LogP contribution in [0.3, 0.4) is 0 Å². The second-order valence-electron chi connectivity index (χ2n) is 8.27. The van der Waals surface area contributed by atoms with Crippen LogP contribution in [0.1, 0.15) is 54.1 Å². The summed E-state index contributed by atoms with van der Waals surface area (Å²) in [5.74, 6) is 2.62. The first-order valence-electron chi connectivity index (χ1n) is 11.6. The van der Waals surface area contributed by atoms with E-state index in [4.69, 9.17) is 18.7 Å². The number of aromatic nitrogens is 1. The molecule has 2 aromatic carbocycles. The summed E-state index contributed by atoms with van der Waals surface area (Å²) in [4.78, 5) is 15.0. The molecule has 2 heterocycles. The summed E-state index contributed by atoms with van der Waals surface area (Å²) >= 11 is 0. The summed E-state index contributed by atoms with van der Waals surface area (Å²) in [5, 5.41) is 6.89. The predicted molar refractivity (Wildman–Crippen MR) is 127 cm³/mol. The molecule has 0 spiro atoms. The molecule has 1 aliphatic heterocycles. The van der Waals surface area contributed by atoms with E-state index in [0.717, 1.165) is 30.7 Å². The van der Waals surface area contributed by atoms with Crippen LogP contribution in [0.2, 0.25) is 0 Å². The molecule has 4 rings (SSSR count). The van der Waals surface area contributed by atoms with Gasteiger partial charge in [-0.05, 0) is 48.2 Å². The minimum absolute atomic E-state index is 0.221. The molecular formula is C26H31N3O5. The van der Waals surface area contributed by atoms with Gasteiger partial charge in [-0.1, -0.05) is 37.2 Å². The first kappa shape index (κ1) is 23.6. The van der Waals surface area contributed by atoms with Crippen LogP contribution in [0.25, 0.3) is 0 Å². The first-order valence-corrected chi connectivity index (χ1v) is 11.6. The third-order valence-corrected chi connectivity index (χ3v) is 6.04. The maximum atomic E-state index is 12.6. The fourth-order valence-corrected chi connectivity index (χ4v) is 4.10. The van der Waals surface area contributed by atoms with E-state index >= 15 is 0 Å². The van der Waals surface area contributed by atoms with Crippen LogP contribution < -0.4 is 19.5 Å². The van der Waals surface area contributed by atoms with Gasteiger partial charge in [0.15, 0.2) is 23.0 Å². The van der Waals surface area contributed by atoms with E-state index in [1.165, 1.54) is 5.56 Å². The molecule has 0 radical (unpaired) electrons. The lowest BCUT2D eigenvalue weighted by Crippen LogP contribution is -2.33. The molecule has 0 saturated heterocycles. The zero-order chi connectivity index (χ0) is 23.9. The molecule has 0 fully saturated rings. The summed E-state index contributed by atoms with van der Waals surface area (Å²) in [7, 11) is 1.66. The topological polar surface area (TPSA) is 86.1 Å². The van der Waals surface area contributed by atoms with Gasteiger partial charge in [0, 0.05) is 25.2 Å². The molecule has 1 amide bonds. The van der Waals surface area contributed by atoms with Gasteiger partial charge in [0.25, 0.3) is 5.91 Å². The Hall–Kier alpha value is -3.52. The maximum absolute atomic E-state index is 12.6. The lowest BCUT2D eigenvalue weighted by Gasteiger charge is -2.29. The second-order valence-corrected chi connectivity index (χ2v) is 8.27. The highest BCUT2D eigenvalue weighted by molar-refractivity contribution is 5.92. The number of nitrogens with zero attached hydrogens (tertiary/aromatic N) is 2. The van der Waals surface area contributed by atoms with E-state index in [1.54, 1.807) is 13.2 Å². The molecule has 0 unspecified atom stereocenters. The van der Waals surface area contributed by atoms with Gasteiger partial charge < -0.3 is 24.1 Å². The molecule has 0 aliphatic carbocycles. The number of nitrogens with one attached hydrogen (secondary N) is 1. The minimum atomic E-state index is -0.281. The van der Waals surface area contributed by atoms with Crippen molar-refractivity contribution in [2.24, 2.45) is 0 Å². The van der Waals surface area contributed by atoms with Gasteiger partial charge in [0.2, 0.25) is 6.79 Å². The number of fused-ring (bicyclic) bond motifs is 1. The van der Waals surface area contributed by atoms with E-state index in [-0.39, 0.29) is 18.4 Å². The summed E-state index contributed by atoms with van der Waals surface area (Å²) in [5.41, 5.74) is 2.37. The van der Waals surface area contributed by atoms with Crippen LogP contribution in [-0.4, -0.2) is 35.9 Å². The Morgan fingerprint density at radius 2 is 1.76 bits per heavy atom. The highest BCUT2D eigenvalue weighted by Gasteiger charge is 2.20. The number of hydrogen-bond donors (Lipinski definition) is 1. The van der Waals surface area contributed by atoms with Gasteiger partial charge in [-0.15, -0.1) is 0 Å². The van der Waals surface area contributed by atoms with Crippen LogP contribution >= 0.6 is 0 Å². The zero-order valence-electron chi connectivity index (χ0n) is 19.9. The van der Waals surface area contributed by atoms with Gasteiger partial charge in [-0.3, -0.25) is 9.69 Å². The number of hydrogen-bond acceptors (Lipinski definition) is 7. The van der Waals surface area contributed by atoms with E-state index in [0.29, 0.717) is 36.4 Å². The monoisotopic (exact) mass is 465 g/mol. The number of ether oxygens (including phenoxy) is 3. The fraction of sp³-hybridized carbons (Fsp3) is 0.385. The third kappa shape index (κ3) is 5.69. The molecule has 1 aromatic heterocycles. The van der Waals surface area contributed by atoms with Crippen molar-refractivity contribution in [3.63, 3.8) is 0 Å². The first-order chi connectivity index (χ1) is 16.6. The SMILES string of the molecule is CCC(CC)N(Cc1ccc(OC)cc1)Cc1cc(C(=O)NCc2ccc3c(c2)OCO3)no1.